The van der Waals surface area contributed by atoms with Crippen molar-refractivity contribution in [3.63, 3.8) is 0 Å². The van der Waals surface area contributed by atoms with Gasteiger partial charge >= 0.3 is 0 Å². The Bertz CT molecular complexity index is 1480. The van der Waals surface area contributed by atoms with E-state index in [2.05, 4.69) is 31.5 Å². The summed E-state index contributed by atoms with van der Waals surface area (Å²) in [6.45, 7) is 5.28. The number of aromatic nitrogens is 1. The smallest absolute Gasteiger partial charge is 0.255 e. The molecular formula is C32H33N5O3. The normalized spacial score (nSPS) is 13.1. The second kappa shape index (κ2) is 12.3. The number of aryl methyl sites for hydroxylation is 1. The standard InChI is InChI=1S/C32H33N5O3/c1-23-8-3-4-10-26(23)32(39)35-25-13-14-28(27(20-25)31(38)34-22-24-9-7-15-33-21-24)36-16-18-37(19-17-36)29-11-5-6-12-30(29)40-2/h3-15,20-21H,16-19,22H2,1-2H3,(H,34,38)(H,35,39). The Morgan fingerprint density at radius 2 is 1.55 bits per heavy atom. The van der Waals surface area contributed by atoms with Crippen molar-refractivity contribution >= 4 is 28.9 Å². The molecule has 3 aromatic carbocycles. The van der Waals surface area contributed by atoms with Gasteiger partial charge in [-0.3, -0.25) is 14.6 Å². The average molecular weight is 536 g/mol. The van der Waals surface area contributed by atoms with Crippen molar-refractivity contribution in [1.29, 1.82) is 0 Å². The Kier molecular flexibility index (Phi) is 8.25. The van der Waals surface area contributed by atoms with Gasteiger partial charge in [0.15, 0.2) is 0 Å². The van der Waals surface area contributed by atoms with Gasteiger partial charge in [-0.25, -0.2) is 0 Å². The fourth-order valence-corrected chi connectivity index (χ4v) is 4.96. The summed E-state index contributed by atoms with van der Waals surface area (Å²) in [6.07, 6.45) is 3.44. The molecule has 0 aliphatic carbocycles. The van der Waals surface area contributed by atoms with Crippen molar-refractivity contribution in [2.75, 3.05) is 48.4 Å². The molecule has 1 aliphatic rings. The maximum atomic E-state index is 13.5. The zero-order valence-electron chi connectivity index (χ0n) is 22.8. The van der Waals surface area contributed by atoms with Crippen LogP contribution in [0.25, 0.3) is 0 Å². The van der Waals surface area contributed by atoms with Crippen LogP contribution in [-0.2, 0) is 6.54 Å². The third-order valence-electron chi connectivity index (χ3n) is 7.11. The number of amides is 2. The van der Waals surface area contributed by atoms with E-state index < -0.39 is 0 Å². The molecule has 5 rings (SSSR count). The van der Waals surface area contributed by atoms with Gasteiger partial charge in [-0.05, 0) is 60.5 Å². The van der Waals surface area contributed by atoms with Gasteiger partial charge < -0.3 is 25.2 Å². The number of pyridine rings is 1. The van der Waals surface area contributed by atoms with Crippen LogP contribution in [0.4, 0.5) is 17.1 Å². The lowest BCUT2D eigenvalue weighted by molar-refractivity contribution is 0.0950. The number of carbonyl (C=O) groups is 2. The summed E-state index contributed by atoms with van der Waals surface area (Å²) >= 11 is 0. The second-order valence-electron chi connectivity index (χ2n) is 9.69. The Morgan fingerprint density at radius 3 is 2.27 bits per heavy atom. The number of carbonyl (C=O) groups excluding carboxylic acids is 2. The van der Waals surface area contributed by atoms with Crippen LogP contribution in [0.3, 0.4) is 0 Å². The molecule has 0 radical (unpaired) electrons. The van der Waals surface area contributed by atoms with Gasteiger partial charge in [0.05, 0.1) is 18.4 Å². The number of rotatable bonds is 8. The van der Waals surface area contributed by atoms with Crippen LogP contribution in [0, 0.1) is 6.92 Å². The Balaban J connectivity index is 1.37. The summed E-state index contributed by atoms with van der Waals surface area (Å²) in [6, 6.07) is 24.8. The molecule has 0 unspecified atom stereocenters. The van der Waals surface area contributed by atoms with Crippen LogP contribution in [0.15, 0.2) is 91.3 Å². The number of piperazine rings is 1. The monoisotopic (exact) mass is 535 g/mol. The Morgan fingerprint density at radius 1 is 0.825 bits per heavy atom. The SMILES string of the molecule is COc1ccccc1N1CCN(c2ccc(NC(=O)c3ccccc3C)cc2C(=O)NCc2cccnc2)CC1. The van der Waals surface area contributed by atoms with E-state index in [4.69, 9.17) is 4.74 Å². The third-order valence-corrected chi connectivity index (χ3v) is 7.11. The molecule has 40 heavy (non-hydrogen) atoms. The van der Waals surface area contributed by atoms with E-state index in [1.807, 2.05) is 67.6 Å². The first kappa shape index (κ1) is 26.7. The second-order valence-corrected chi connectivity index (χ2v) is 9.69. The van der Waals surface area contributed by atoms with E-state index in [0.29, 0.717) is 23.4 Å². The minimum absolute atomic E-state index is 0.210. The molecule has 2 amide bonds. The fourth-order valence-electron chi connectivity index (χ4n) is 4.96. The largest absolute Gasteiger partial charge is 0.495 e. The lowest BCUT2D eigenvalue weighted by Crippen LogP contribution is -2.47. The Labute approximate surface area is 234 Å². The number of benzene rings is 3. The molecule has 0 bridgehead atoms. The number of hydrogen-bond acceptors (Lipinski definition) is 6. The minimum Gasteiger partial charge on any atom is -0.495 e. The van der Waals surface area contributed by atoms with Crippen molar-refractivity contribution in [2.45, 2.75) is 13.5 Å². The van der Waals surface area contributed by atoms with Gasteiger partial charge in [0.2, 0.25) is 0 Å². The molecule has 4 aromatic rings. The van der Waals surface area contributed by atoms with Crippen LogP contribution in [0.1, 0.15) is 31.8 Å². The zero-order valence-corrected chi connectivity index (χ0v) is 22.8. The van der Waals surface area contributed by atoms with Crippen LogP contribution in [0.2, 0.25) is 0 Å². The summed E-state index contributed by atoms with van der Waals surface area (Å²) < 4.78 is 5.56. The maximum absolute atomic E-state index is 13.5. The molecule has 204 valence electrons. The Hall–Kier alpha value is -4.85. The van der Waals surface area contributed by atoms with E-state index in [-0.39, 0.29) is 11.8 Å². The van der Waals surface area contributed by atoms with Gasteiger partial charge in [-0.1, -0.05) is 36.4 Å². The topological polar surface area (TPSA) is 86.8 Å². The van der Waals surface area contributed by atoms with E-state index in [1.165, 1.54) is 0 Å². The van der Waals surface area contributed by atoms with Crippen LogP contribution < -0.4 is 25.2 Å². The van der Waals surface area contributed by atoms with Crippen molar-refractivity contribution in [1.82, 2.24) is 10.3 Å². The highest BCUT2D eigenvalue weighted by Gasteiger charge is 2.24. The lowest BCUT2D eigenvalue weighted by atomic mass is 10.1. The zero-order chi connectivity index (χ0) is 27.9. The first-order chi connectivity index (χ1) is 19.5. The van der Waals surface area contributed by atoms with E-state index in [0.717, 1.165) is 54.4 Å². The highest BCUT2D eigenvalue weighted by molar-refractivity contribution is 6.07. The highest BCUT2D eigenvalue weighted by atomic mass is 16.5. The summed E-state index contributed by atoms with van der Waals surface area (Å²) in [5.74, 6) is 0.427. The van der Waals surface area contributed by atoms with Crippen LogP contribution in [-0.4, -0.2) is 50.1 Å². The molecule has 1 aromatic heterocycles. The molecule has 1 fully saturated rings. The first-order valence-corrected chi connectivity index (χ1v) is 13.3. The van der Waals surface area contributed by atoms with Gasteiger partial charge in [-0.2, -0.15) is 0 Å². The third kappa shape index (κ3) is 6.07. The molecule has 2 N–H and O–H groups in total. The van der Waals surface area contributed by atoms with Crippen LogP contribution in [0.5, 0.6) is 5.75 Å². The predicted molar refractivity (Wildman–Crippen MR) is 158 cm³/mol. The lowest BCUT2D eigenvalue weighted by Gasteiger charge is -2.38. The van der Waals surface area contributed by atoms with Gasteiger partial charge in [0, 0.05) is 62.1 Å². The molecule has 0 saturated carbocycles. The first-order valence-electron chi connectivity index (χ1n) is 13.3. The van der Waals surface area contributed by atoms with Gasteiger partial charge in [-0.15, -0.1) is 0 Å². The molecule has 1 saturated heterocycles. The quantitative estimate of drug-likeness (QED) is 0.334. The predicted octanol–water partition coefficient (Wildman–Crippen LogP) is 4.91. The summed E-state index contributed by atoms with van der Waals surface area (Å²) in [7, 11) is 1.69. The number of nitrogens with one attached hydrogen (secondary N) is 2. The molecule has 1 aliphatic heterocycles. The number of methoxy groups -OCH3 is 1. The van der Waals surface area contributed by atoms with Gasteiger partial charge in [0.1, 0.15) is 5.75 Å². The summed E-state index contributed by atoms with van der Waals surface area (Å²) in [4.78, 5) is 35.2. The molecule has 8 nitrogen and oxygen atoms in total. The van der Waals surface area contributed by atoms with Gasteiger partial charge in [0.25, 0.3) is 11.8 Å². The maximum Gasteiger partial charge on any atom is 0.255 e. The van der Waals surface area contributed by atoms with Crippen molar-refractivity contribution in [2.24, 2.45) is 0 Å². The number of hydrogen-bond donors (Lipinski definition) is 2. The molecule has 0 atom stereocenters. The highest BCUT2D eigenvalue weighted by Crippen LogP contribution is 2.31. The molecule has 8 heteroatoms. The minimum atomic E-state index is -0.210. The van der Waals surface area contributed by atoms with Crippen LogP contribution >= 0.6 is 0 Å². The number of nitrogens with zero attached hydrogens (tertiary/aromatic N) is 3. The fraction of sp³-hybridized carbons (Fsp3) is 0.219. The van der Waals surface area contributed by atoms with E-state index in [9.17, 15) is 9.59 Å². The van der Waals surface area contributed by atoms with Crippen molar-refractivity contribution in [3.05, 3.63) is 114 Å². The van der Waals surface area contributed by atoms with Crippen molar-refractivity contribution in [3.8, 4) is 5.75 Å². The number of para-hydroxylation sites is 2. The molecule has 0 spiro atoms. The van der Waals surface area contributed by atoms with E-state index >= 15 is 0 Å². The number of ether oxygens (including phenoxy) is 1. The van der Waals surface area contributed by atoms with Crippen molar-refractivity contribution < 1.29 is 14.3 Å². The number of anilines is 3. The molecular weight excluding hydrogens is 502 g/mol. The van der Waals surface area contributed by atoms with E-state index in [1.54, 1.807) is 31.6 Å². The summed E-state index contributed by atoms with van der Waals surface area (Å²) in [5, 5.41) is 5.99. The average Bonchev–Trinajstić information content (AvgIpc) is 3.00. The summed E-state index contributed by atoms with van der Waals surface area (Å²) in [5.41, 5.74) is 5.37. The molecule has 2 heterocycles.